The number of benzene rings is 2. The minimum absolute atomic E-state index is 0.290. The van der Waals surface area contributed by atoms with Crippen LogP contribution in [0.1, 0.15) is 31.1 Å². The third-order valence-electron chi connectivity index (χ3n) is 4.39. The number of carbonyl (C=O) groups excluding carboxylic acids is 3. The van der Waals surface area contributed by atoms with Gasteiger partial charge in [0.2, 0.25) is 0 Å². The first kappa shape index (κ1) is 24.3. The summed E-state index contributed by atoms with van der Waals surface area (Å²) >= 11 is 1.07. The molecule has 9 nitrogen and oxygen atoms in total. The number of hydrogen-bond donors (Lipinski definition) is 1. The van der Waals surface area contributed by atoms with Crippen molar-refractivity contribution in [2.45, 2.75) is 5.51 Å². The zero-order valence-corrected chi connectivity index (χ0v) is 29.5. The summed E-state index contributed by atoms with van der Waals surface area (Å²) in [5, 5.41) is 0. The molecule has 1 aliphatic rings. The van der Waals surface area contributed by atoms with Crippen molar-refractivity contribution in [3.05, 3.63) is 28.8 Å². The molecule has 1 N–H and O–H groups in total. The molecular weight excluding hydrogens is 1040 g/mol. The van der Waals surface area contributed by atoms with Crippen molar-refractivity contribution in [3.63, 3.8) is 0 Å². The summed E-state index contributed by atoms with van der Waals surface area (Å²) in [5.74, 6) is -4.64. The van der Waals surface area contributed by atoms with E-state index in [1.807, 2.05) is 12.1 Å². The van der Waals surface area contributed by atoms with E-state index in [1.165, 1.54) is 0 Å². The molecular formula is C16H3F3NO8STl3. The third kappa shape index (κ3) is 3.78. The minimum atomic E-state index is -6.04. The van der Waals surface area contributed by atoms with Crippen molar-refractivity contribution < 1.29 is 49.9 Å². The number of alkyl halides is 3. The molecule has 1 aromatic carbocycles. The summed E-state index contributed by atoms with van der Waals surface area (Å²) in [6, 6.07) is 3.74. The van der Waals surface area contributed by atoms with Crippen molar-refractivity contribution >= 4 is 126 Å². The second kappa shape index (κ2) is 8.13. The summed E-state index contributed by atoms with van der Waals surface area (Å²) in [6.07, 6.45) is 0. The fraction of sp³-hybridized carbons (Fsp3) is 0.0625. The van der Waals surface area contributed by atoms with Gasteiger partial charge in [-0.2, -0.15) is 0 Å². The molecule has 0 atom stereocenters. The van der Waals surface area contributed by atoms with Gasteiger partial charge in [0, 0.05) is 0 Å². The number of esters is 2. The Balaban J connectivity index is 1.77. The van der Waals surface area contributed by atoms with Gasteiger partial charge >= 0.3 is 226 Å². The molecule has 156 valence electrons. The zero-order chi connectivity index (χ0) is 23.7. The molecule has 2 aromatic heterocycles. The Morgan fingerprint density at radius 2 is 1.66 bits per heavy atom. The van der Waals surface area contributed by atoms with Gasteiger partial charge in [0.25, 0.3) is 0 Å². The molecule has 4 rings (SSSR count). The molecule has 0 saturated heterocycles. The van der Waals surface area contributed by atoms with E-state index in [-0.39, 0.29) is 11.1 Å². The molecule has 0 unspecified atom stereocenters. The van der Waals surface area contributed by atoms with Gasteiger partial charge in [0.1, 0.15) is 0 Å². The van der Waals surface area contributed by atoms with E-state index >= 15 is 0 Å². The molecule has 16 heteroatoms. The Hall–Kier alpha value is -0.844. The van der Waals surface area contributed by atoms with E-state index in [4.69, 9.17) is 13.9 Å². The van der Waals surface area contributed by atoms with Crippen LogP contribution < -0.4 is 23.6 Å². The standard InChI is InChI=1S/C16H3F3NO8S.3Tl/c17-16(18,19)29(24,25)20-13(21)7-9-12(8-11(26-9)10(7)28-15(8)23)27-14(22)6-4-2-1-3-5-6;;;/h1-2H,(H,20,21);;;. The number of nitrogens with one attached hydrogen (secondary N) is 1. The van der Waals surface area contributed by atoms with E-state index in [1.54, 1.807) is 0 Å². The van der Waals surface area contributed by atoms with Crippen LogP contribution in [0.5, 0.6) is 11.5 Å². The zero-order valence-electron chi connectivity index (χ0n) is 15.2. The number of amides is 1. The van der Waals surface area contributed by atoms with Crippen molar-refractivity contribution in [2.75, 3.05) is 0 Å². The summed E-state index contributed by atoms with van der Waals surface area (Å²) in [4.78, 5) is 37.5. The average Bonchev–Trinajstić information content (AvgIpc) is 3.26. The van der Waals surface area contributed by atoms with Crippen LogP contribution in [0.3, 0.4) is 0 Å². The number of carbonyl (C=O) groups is 3. The van der Waals surface area contributed by atoms with Crippen LogP contribution in [0.2, 0.25) is 0 Å². The van der Waals surface area contributed by atoms with Crippen LogP contribution in [-0.2, 0) is 10.0 Å². The topological polar surface area (TPSA) is 129 Å². The Bertz CT molecular complexity index is 1450. The van der Waals surface area contributed by atoms with Gasteiger partial charge in [-0.1, -0.05) is 0 Å². The number of sulfonamides is 1. The van der Waals surface area contributed by atoms with Crippen LogP contribution in [0.25, 0.3) is 11.2 Å². The Morgan fingerprint density at radius 3 is 2.28 bits per heavy atom. The Labute approximate surface area is 223 Å². The SMILES string of the molecule is O=C(Oc1c2c3oc1c(C(=O)NS(=O)(=O)C(F)(F)F)c3OC2=O)c1[c]([Tl])cc[c]([Tl])[c]1[Tl]. The second-order valence-corrected chi connectivity index (χ2v) is 15.1. The first-order valence-corrected chi connectivity index (χ1v) is 16.4. The molecule has 0 radical (unpaired) electrons. The van der Waals surface area contributed by atoms with E-state index < -0.39 is 56.0 Å². The van der Waals surface area contributed by atoms with E-state index in [0.717, 1.165) is 14.1 Å². The van der Waals surface area contributed by atoms with Crippen LogP contribution in [0.15, 0.2) is 16.5 Å². The van der Waals surface area contributed by atoms with E-state index in [2.05, 4.69) is 0 Å². The molecule has 3 aromatic rings. The van der Waals surface area contributed by atoms with Crippen LogP contribution >= 0.6 is 0 Å². The van der Waals surface area contributed by atoms with Gasteiger partial charge in [0.15, 0.2) is 0 Å². The molecule has 1 amide bonds. The van der Waals surface area contributed by atoms with E-state index in [0.29, 0.717) is 82.9 Å². The Kier molecular flexibility index (Phi) is 6.17. The fourth-order valence-electron chi connectivity index (χ4n) is 2.94. The molecule has 32 heavy (non-hydrogen) atoms. The molecule has 0 saturated carbocycles. The third-order valence-corrected chi connectivity index (χ3v) is 16.7. The van der Waals surface area contributed by atoms with Crippen LogP contribution in [-0.4, -0.2) is 109 Å². The second-order valence-electron chi connectivity index (χ2n) is 6.36. The van der Waals surface area contributed by atoms with Crippen molar-refractivity contribution in [3.8, 4) is 11.5 Å². The number of ether oxygens (including phenoxy) is 2. The van der Waals surface area contributed by atoms with Crippen molar-refractivity contribution in [1.29, 1.82) is 0 Å². The maximum atomic E-state index is 12.9. The van der Waals surface area contributed by atoms with Gasteiger partial charge in [-0.05, 0) is 0 Å². The van der Waals surface area contributed by atoms with Crippen LogP contribution in [0.4, 0.5) is 13.2 Å². The summed E-state index contributed by atoms with van der Waals surface area (Å²) in [6.45, 7) is 0. The number of halogens is 3. The molecule has 0 spiro atoms. The van der Waals surface area contributed by atoms with Gasteiger partial charge in [-0.3, -0.25) is 0 Å². The molecule has 3 heterocycles. The van der Waals surface area contributed by atoms with Crippen LogP contribution in [0, 0.1) is 0 Å². The predicted octanol–water partition coefficient (Wildman–Crippen LogP) is -1.42. The van der Waals surface area contributed by atoms with Gasteiger partial charge in [-0.15, -0.1) is 0 Å². The maximum absolute atomic E-state index is 12.9. The number of fused-ring (bicyclic) bond motifs is 1. The van der Waals surface area contributed by atoms with E-state index in [9.17, 15) is 36.0 Å². The monoisotopic (exact) mass is 1040 g/mol. The number of hydrogen-bond acceptors (Lipinski definition) is 8. The van der Waals surface area contributed by atoms with Crippen molar-refractivity contribution in [1.82, 2.24) is 4.72 Å². The first-order chi connectivity index (χ1) is 14.7. The van der Waals surface area contributed by atoms with Gasteiger partial charge in [0.05, 0.1) is 0 Å². The normalized spacial score (nSPS) is 13.3. The molecule has 0 fully saturated rings. The van der Waals surface area contributed by atoms with Crippen molar-refractivity contribution in [2.24, 2.45) is 0 Å². The average molecular weight is 1040 g/mol. The first-order valence-electron chi connectivity index (χ1n) is 8.17. The molecule has 1 aliphatic heterocycles. The van der Waals surface area contributed by atoms with Gasteiger partial charge in [-0.25, -0.2) is 0 Å². The number of rotatable bonds is 4. The fourth-order valence-corrected chi connectivity index (χ4v) is 9.77. The summed E-state index contributed by atoms with van der Waals surface area (Å²) in [7, 11) is -6.04. The Morgan fingerprint density at radius 1 is 1.03 bits per heavy atom. The summed E-state index contributed by atoms with van der Waals surface area (Å²) < 4.78 is 79.6. The molecule has 0 aliphatic carbocycles. The van der Waals surface area contributed by atoms with Gasteiger partial charge < -0.3 is 0 Å². The summed E-state index contributed by atoms with van der Waals surface area (Å²) in [5.41, 5.74) is -7.35. The predicted molar refractivity (Wildman–Crippen MR) is 102 cm³/mol. The molecule has 2 bridgehead atoms. The number of furan rings is 2. The quantitative estimate of drug-likeness (QED) is 0.192.